The van der Waals surface area contributed by atoms with E-state index in [9.17, 15) is 18.0 Å². The third-order valence-corrected chi connectivity index (χ3v) is 6.69. The summed E-state index contributed by atoms with van der Waals surface area (Å²) in [5.74, 6) is -0.288. The molecule has 2 aliphatic rings. The standard InChI is InChI=1S/C17H23N3O4S.ClH/c1-2-20-17(22)14-6-5-13(10-15(14)25(20,23)24)16(21)19-9-7-12-4-3-8-18-11-12;/h5-6,10,12,18H,2-4,7-9,11H2,1H3,(H,19,21);1H. The van der Waals surface area contributed by atoms with Crippen molar-refractivity contribution in [3.8, 4) is 0 Å². The van der Waals surface area contributed by atoms with Crippen molar-refractivity contribution >= 4 is 34.2 Å². The highest BCUT2D eigenvalue weighted by Crippen LogP contribution is 2.30. The fourth-order valence-electron chi connectivity index (χ4n) is 3.39. The van der Waals surface area contributed by atoms with Crippen molar-refractivity contribution in [3.05, 3.63) is 29.3 Å². The third kappa shape index (κ3) is 3.87. The lowest BCUT2D eigenvalue weighted by Crippen LogP contribution is -2.33. The molecule has 2 aliphatic heterocycles. The van der Waals surface area contributed by atoms with E-state index in [1.54, 1.807) is 6.92 Å². The molecule has 0 bridgehead atoms. The van der Waals surface area contributed by atoms with Crippen LogP contribution in [0.5, 0.6) is 0 Å². The van der Waals surface area contributed by atoms with Gasteiger partial charge in [0.15, 0.2) is 0 Å². The molecule has 1 saturated heterocycles. The number of hydrogen-bond acceptors (Lipinski definition) is 5. The number of amides is 2. The lowest BCUT2D eigenvalue weighted by atomic mass is 9.96. The molecule has 1 fully saturated rings. The van der Waals surface area contributed by atoms with Gasteiger partial charge in [-0.1, -0.05) is 0 Å². The second kappa shape index (κ2) is 8.37. The largest absolute Gasteiger partial charge is 0.352 e. The first-order chi connectivity index (χ1) is 11.9. The van der Waals surface area contributed by atoms with Crippen LogP contribution in [0.25, 0.3) is 0 Å². The molecule has 9 heteroatoms. The molecule has 3 rings (SSSR count). The van der Waals surface area contributed by atoms with Crippen molar-refractivity contribution in [2.45, 2.75) is 31.1 Å². The molecule has 2 heterocycles. The van der Waals surface area contributed by atoms with E-state index in [2.05, 4.69) is 10.6 Å². The minimum absolute atomic E-state index is 0. The van der Waals surface area contributed by atoms with E-state index in [0.29, 0.717) is 12.5 Å². The van der Waals surface area contributed by atoms with Gasteiger partial charge in [0, 0.05) is 18.7 Å². The second-order valence-electron chi connectivity index (χ2n) is 6.44. The van der Waals surface area contributed by atoms with Gasteiger partial charge in [-0.3, -0.25) is 9.59 Å². The molecule has 0 saturated carbocycles. The lowest BCUT2D eigenvalue weighted by Gasteiger charge is -2.22. The molecule has 2 N–H and O–H groups in total. The second-order valence-corrected chi connectivity index (χ2v) is 8.27. The summed E-state index contributed by atoms with van der Waals surface area (Å²) in [6.45, 7) is 4.26. The number of hydrogen-bond donors (Lipinski definition) is 2. The Bertz CT molecular complexity index is 791. The fraction of sp³-hybridized carbons (Fsp3) is 0.529. The number of carbonyl (C=O) groups is 2. The van der Waals surface area contributed by atoms with Crippen LogP contribution >= 0.6 is 12.4 Å². The summed E-state index contributed by atoms with van der Waals surface area (Å²) in [6, 6.07) is 4.23. The van der Waals surface area contributed by atoms with Crippen molar-refractivity contribution in [1.82, 2.24) is 14.9 Å². The van der Waals surface area contributed by atoms with E-state index in [4.69, 9.17) is 0 Å². The third-order valence-electron chi connectivity index (χ3n) is 4.79. The number of nitrogens with zero attached hydrogens (tertiary/aromatic N) is 1. The van der Waals surface area contributed by atoms with Crippen LogP contribution in [0, 0.1) is 5.92 Å². The Kier molecular flexibility index (Phi) is 6.65. The lowest BCUT2D eigenvalue weighted by molar-refractivity contribution is 0.0874. The zero-order chi connectivity index (χ0) is 18.0. The molecule has 26 heavy (non-hydrogen) atoms. The van der Waals surface area contributed by atoms with Crippen molar-refractivity contribution in [2.75, 3.05) is 26.2 Å². The summed E-state index contributed by atoms with van der Waals surface area (Å²) in [5, 5.41) is 6.18. The number of sulfonamides is 1. The van der Waals surface area contributed by atoms with Crippen molar-refractivity contribution in [2.24, 2.45) is 5.92 Å². The van der Waals surface area contributed by atoms with Gasteiger partial charge in [-0.2, -0.15) is 0 Å². The normalized spacial score (nSPS) is 21.0. The number of piperidine rings is 1. The molecule has 0 aliphatic carbocycles. The van der Waals surface area contributed by atoms with E-state index in [1.807, 2.05) is 0 Å². The van der Waals surface area contributed by atoms with E-state index in [1.165, 1.54) is 18.2 Å². The summed E-state index contributed by atoms with van der Waals surface area (Å²) in [6.07, 6.45) is 3.21. The van der Waals surface area contributed by atoms with Crippen molar-refractivity contribution in [1.29, 1.82) is 0 Å². The van der Waals surface area contributed by atoms with Gasteiger partial charge in [0.2, 0.25) is 0 Å². The Morgan fingerprint density at radius 2 is 2.15 bits per heavy atom. The van der Waals surface area contributed by atoms with E-state index in [-0.39, 0.29) is 40.9 Å². The van der Waals surface area contributed by atoms with Crippen molar-refractivity contribution in [3.63, 3.8) is 0 Å². The Hall–Kier alpha value is -1.64. The zero-order valence-corrected chi connectivity index (χ0v) is 16.3. The number of carbonyl (C=O) groups excluding carboxylic acids is 2. The van der Waals surface area contributed by atoms with Gasteiger partial charge in [-0.15, -0.1) is 12.4 Å². The van der Waals surface area contributed by atoms with Crippen LogP contribution in [0.15, 0.2) is 23.1 Å². The average Bonchev–Trinajstić information content (AvgIpc) is 2.81. The minimum atomic E-state index is -3.84. The number of fused-ring (bicyclic) bond motifs is 1. The van der Waals surface area contributed by atoms with Crippen molar-refractivity contribution < 1.29 is 18.0 Å². The van der Waals surface area contributed by atoms with Gasteiger partial charge >= 0.3 is 0 Å². The molecule has 0 radical (unpaired) electrons. The summed E-state index contributed by atoms with van der Waals surface area (Å²) < 4.78 is 25.6. The predicted molar refractivity (Wildman–Crippen MR) is 100 cm³/mol. The molecule has 1 atom stereocenters. The first-order valence-electron chi connectivity index (χ1n) is 8.65. The number of benzene rings is 1. The molecule has 2 amide bonds. The Morgan fingerprint density at radius 3 is 2.81 bits per heavy atom. The monoisotopic (exact) mass is 401 g/mol. The molecule has 1 aromatic carbocycles. The fourth-order valence-corrected chi connectivity index (χ4v) is 4.99. The van der Waals surface area contributed by atoms with E-state index in [0.717, 1.165) is 36.7 Å². The SMILES string of the molecule is CCN1C(=O)c2ccc(C(=O)NCCC3CCCNC3)cc2S1(=O)=O.Cl. The summed E-state index contributed by atoms with van der Waals surface area (Å²) in [4.78, 5) is 24.3. The first kappa shape index (κ1) is 20.7. The molecule has 0 spiro atoms. The highest BCUT2D eigenvalue weighted by molar-refractivity contribution is 7.90. The minimum Gasteiger partial charge on any atom is -0.352 e. The smallest absolute Gasteiger partial charge is 0.268 e. The van der Waals surface area contributed by atoms with Gasteiger partial charge in [0.05, 0.1) is 5.56 Å². The van der Waals surface area contributed by atoms with Gasteiger partial charge in [-0.25, -0.2) is 12.7 Å². The summed E-state index contributed by atoms with van der Waals surface area (Å²) >= 11 is 0. The summed E-state index contributed by atoms with van der Waals surface area (Å²) in [5.41, 5.74) is 0.390. The molecule has 1 unspecified atom stereocenters. The van der Waals surface area contributed by atoms with Crippen LogP contribution in [-0.2, 0) is 10.0 Å². The summed E-state index contributed by atoms with van der Waals surface area (Å²) in [7, 11) is -3.84. The maximum atomic E-state index is 12.4. The predicted octanol–water partition coefficient (Wildman–Crippen LogP) is 1.39. The molecule has 7 nitrogen and oxygen atoms in total. The number of halogens is 1. The van der Waals surface area contributed by atoms with Gasteiger partial charge < -0.3 is 10.6 Å². The van der Waals surface area contributed by atoms with E-state index >= 15 is 0 Å². The van der Waals surface area contributed by atoms with Gasteiger partial charge in [0.25, 0.3) is 21.8 Å². The first-order valence-corrected chi connectivity index (χ1v) is 10.1. The molecule has 144 valence electrons. The number of rotatable bonds is 5. The van der Waals surface area contributed by atoms with Gasteiger partial charge in [-0.05, 0) is 63.4 Å². The van der Waals surface area contributed by atoms with Crippen LogP contribution in [-0.4, -0.2) is 50.7 Å². The topological polar surface area (TPSA) is 95.6 Å². The maximum Gasteiger partial charge on any atom is 0.268 e. The Labute approximate surface area is 160 Å². The van der Waals surface area contributed by atoms with Crippen LogP contribution in [0.4, 0.5) is 0 Å². The Morgan fingerprint density at radius 1 is 1.38 bits per heavy atom. The highest BCUT2D eigenvalue weighted by Gasteiger charge is 2.40. The quantitative estimate of drug-likeness (QED) is 0.777. The van der Waals surface area contributed by atoms with Crippen LogP contribution in [0.3, 0.4) is 0 Å². The molecular weight excluding hydrogens is 378 g/mol. The maximum absolute atomic E-state index is 12.4. The van der Waals surface area contributed by atoms with Crippen LogP contribution < -0.4 is 10.6 Å². The molecule has 1 aromatic rings. The Balaban J connectivity index is 0.00000243. The van der Waals surface area contributed by atoms with E-state index < -0.39 is 15.9 Å². The number of nitrogens with one attached hydrogen (secondary N) is 2. The van der Waals surface area contributed by atoms with Crippen LogP contribution in [0.1, 0.15) is 46.9 Å². The van der Waals surface area contributed by atoms with Crippen LogP contribution in [0.2, 0.25) is 0 Å². The highest BCUT2D eigenvalue weighted by atomic mass is 35.5. The van der Waals surface area contributed by atoms with Gasteiger partial charge in [0.1, 0.15) is 4.90 Å². The molecule has 0 aromatic heterocycles. The molecular formula is C17H24ClN3O4S. The average molecular weight is 402 g/mol. The zero-order valence-electron chi connectivity index (χ0n) is 14.7.